The first-order valence-electron chi connectivity index (χ1n) is 5.77. The van der Waals surface area contributed by atoms with E-state index in [2.05, 4.69) is 39.8 Å². The Hall–Kier alpha value is -1.31. The molecular formula is C14H22N2. The molecule has 0 bridgehead atoms. The minimum atomic E-state index is 0.178. The minimum Gasteiger partial charge on any atom is -0.360 e. The van der Waals surface area contributed by atoms with Gasteiger partial charge in [0, 0.05) is 19.2 Å². The fourth-order valence-electron chi connectivity index (χ4n) is 1.51. The number of nitrogens with zero attached hydrogens (tertiary/aromatic N) is 1. The summed E-state index contributed by atoms with van der Waals surface area (Å²) in [6.45, 7) is 9.51. The van der Waals surface area contributed by atoms with Crippen LogP contribution in [-0.2, 0) is 5.41 Å². The molecular weight excluding hydrogens is 196 g/mol. The van der Waals surface area contributed by atoms with Crippen LogP contribution in [-0.4, -0.2) is 24.3 Å². The van der Waals surface area contributed by atoms with Crippen molar-refractivity contribution in [2.24, 2.45) is 0 Å². The predicted molar refractivity (Wildman–Crippen MR) is 70.3 cm³/mol. The van der Waals surface area contributed by atoms with E-state index in [1.807, 2.05) is 24.1 Å². The second-order valence-corrected chi connectivity index (χ2v) is 5.19. The first-order valence-corrected chi connectivity index (χ1v) is 5.77. The molecule has 2 nitrogen and oxygen atoms in total. The van der Waals surface area contributed by atoms with Crippen molar-refractivity contribution in [1.29, 1.82) is 5.41 Å². The zero-order valence-corrected chi connectivity index (χ0v) is 11.0. The van der Waals surface area contributed by atoms with Gasteiger partial charge in [-0.25, -0.2) is 0 Å². The van der Waals surface area contributed by atoms with Crippen molar-refractivity contribution in [3.8, 4) is 0 Å². The standard InChI is InChI=1S/C14H22N2/c1-6-16(5)13(15)11-7-9-12(10-8-11)14(2,3)4/h7-10,15H,6H2,1-5H3. The van der Waals surface area contributed by atoms with Crippen molar-refractivity contribution in [1.82, 2.24) is 4.90 Å². The molecule has 0 fully saturated rings. The predicted octanol–water partition coefficient (Wildman–Crippen LogP) is 3.26. The highest BCUT2D eigenvalue weighted by Gasteiger charge is 2.13. The van der Waals surface area contributed by atoms with Gasteiger partial charge in [0.05, 0.1) is 0 Å². The fourth-order valence-corrected chi connectivity index (χ4v) is 1.51. The van der Waals surface area contributed by atoms with Gasteiger partial charge < -0.3 is 4.90 Å². The van der Waals surface area contributed by atoms with Crippen LogP contribution in [0.2, 0.25) is 0 Å². The Morgan fingerprint density at radius 1 is 1.19 bits per heavy atom. The van der Waals surface area contributed by atoms with Gasteiger partial charge >= 0.3 is 0 Å². The Labute approximate surface area is 98.8 Å². The SMILES string of the molecule is CCN(C)C(=N)c1ccc(C(C)(C)C)cc1. The van der Waals surface area contributed by atoms with Gasteiger partial charge in [0.25, 0.3) is 0 Å². The maximum atomic E-state index is 7.99. The van der Waals surface area contributed by atoms with Crippen molar-refractivity contribution in [3.05, 3.63) is 35.4 Å². The lowest BCUT2D eigenvalue weighted by atomic mass is 9.86. The highest BCUT2D eigenvalue weighted by Crippen LogP contribution is 2.22. The smallest absolute Gasteiger partial charge is 0.127 e. The van der Waals surface area contributed by atoms with Crippen LogP contribution in [0.15, 0.2) is 24.3 Å². The summed E-state index contributed by atoms with van der Waals surface area (Å²) in [6.07, 6.45) is 0. The average Bonchev–Trinajstić information content (AvgIpc) is 2.26. The summed E-state index contributed by atoms with van der Waals surface area (Å²) >= 11 is 0. The van der Waals surface area contributed by atoms with Crippen LogP contribution in [0.5, 0.6) is 0 Å². The summed E-state index contributed by atoms with van der Waals surface area (Å²) in [5.74, 6) is 0.586. The van der Waals surface area contributed by atoms with E-state index < -0.39 is 0 Å². The fraction of sp³-hybridized carbons (Fsp3) is 0.500. The van der Waals surface area contributed by atoms with E-state index in [4.69, 9.17) is 5.41 Å². The van der Waals surface area contributed by atoms with E-state index >= 15 is 0 Å². The number of amidine groups is 1. The van der Waals surface area contributed by atoms with E-state index in [9.17, 15) is 0 Å². The zero-order valence-electron chi connectivity index (χ0n) is 11.0. The molecule has 88 valence electrons. The van der Waals surface area contributed by atoms with E-state index in [0.29, 0.717) is 5.84 Å². The third kappa shape index (κ3) is 2.84. The van der Waals surface area contributed by atoms with Gasteiger partial charge in [-0.1, -0.05) is 45.0 Å². The van der Waals surface area contributed by atoms with Gasteiger partial charge in [-0.2, -0.15) is 0 Å². The molecule has 0 radical (unpaired) electrons. The molecule has 0 aromatic heterocycles. The van der Waals surface area contributed by atoms with E-state index in [1.165, 1.54) is 5.56 Å². The monoisotopic (exact) mass is 218 g/mol. The molecule has 0 aliphatic heterocycles. The zero-order chi connectivity index (χ0) is 12.3. The van der Waals surface area contributed by atoms with Crippen molar-refractivity contribution in [2.45, 2.75) is 33.1 Å². The molecule has 0 heterocycles. The highest BCUT2D eigenvalue weighted by atomic mass is 15.1. The Morgan fingerprint density at radius 3 is 2.06 bits per heavy atom. The van der Waals surface area contributed by atoms with E-state index in [0.717, 1.165) is 12.1 Å². The molecule has 0 amide bonds. The molecule has 1 rings (SSSR count). The molecule has 0 unspecified atom stereocenters. The Kier molecular flexibility index (Phi) is 3.74. The molecule has 2 heteroatoms. The normalized spacial score (nSPS) is 11.3. The average molecular weight is 218 g/mol. The van der Waals surface area contributed by atoms with E-state index in [-0.39, 0.29) is 5.41 Å². The summed E-state index contributed by atoms with van der Waals surface area (Å²) < 4.78 is 0. The molecule has 16 heavy (non-hydrogen) atoms. The van der Waals surface area contributed by atoms with Crippen LogP contribution >= 0.6 is 0 Å². The largest absolute Gasteiger partial charge is 0.360 e. The summed E-state index contributed by atoms with van der Waals surface area (Å²) in [4.78, 5) is 1.94. The Balaban J connectivity index is 2.91. The molecule has 0 atom stereocenters. The maximum Gasteiger partial charge on any atom is 0.127 e. The van der Waals surface area contributed by atoms with Crippen LogP contribution in [0.1, 0.15) is 38.8 Å². The van der Waals surface area contributed by atoms with Crippen LogP contribution in [0.4, 0.5) is 0 Å². The Morgan fingerprint density at radius 2 is 1.69 bits per heavy atom. The quantitative estimate of drug-likeness (QED) is 0.598. The number of hydrogen-bond acceptors (Lipinski definition) is 1. The first kappa shape index (κ1) is 12.8. The molecule has 0 saturated carbocycles. The third-order valence-corrected chi connectivity index (χ3v) is 2.88. The van der Waals surface area contributed by atoms with Crippen LogP contribution in [0.25, 0.3) is 0 Å². The molecule has 1 aromatic rings. The maximum absolute atomic E-state index is 7.99. The highest BCUT2D eigenvalue weighted by molar-refractivity contribution is 5.96. The topological polar surface area (TPSA) is 27.1 Å². The number of hydrogen-bond donors (Lipinski definition) is 1. The van der Waals surface area contributed by atoms with Crippen molar-refractivity contribution in [3.63, 3.8) is 0 Å². The van der Waals surface area contributed by atoms with Crippen LogP contribution in [0, 0.1) is 5.41 Å². The third-order valence-electron chi connectivity index (χ3n) is 2.88. The first-order chi connectivity index (χ1) is 7.36. The van der Waals surface area contributed by atoms with Gasteiger partial charge in [-0.05, 0) is 17.9 Å². The van der Waals surface area contributed by atoms with Crippen molar-refractivity contribution < 1.29 is 0 Å². The summed E-state index contributed by atoms with van der Waals surface area (Å²) in [7, 11) is 1.94. The van der Waals surface area contributed by atoms with Crippen molar-refractivity contribution >= 4 is 5.84 Å². The molecule has 1 aromatic carbocycles. The molecule has 0 spiro atoms. The van der Waals surface area contributed by atoms with Gasteiger partial charge in [-0.15, -0.1) is 0 Å². The van der Waals surface area contributed by atoms with Gasteiger partial charge in [-0.3, -0.25) is 5.41 Å². The molecule has 1 N–H and O–H groups in total. The van der Waals surface area contributed by atoms with Gasteiger partial charge in [0.1, 0.15) is 5.84 Å². The molecule has 0 aliphatic carbocycles. The van der Waals surface area contributed by atoms with Gasteiger partial charge in [0.15, 0.2) is 0 Å². The second kappa shape index (κ2) is 4.69. The number of rotatable bonds is 2. The Bertz CT molecular complexity index is 357. The lowest BCUT2D eigenvalue weighted by Gasteiger charge is -2.21. The molecule has 0 saturated heterocycles. The second-order valence-electron chi connectivity index (χ2n) is 5.19. The van der Waals surface area contributed by atoms with E-state index in [1.54, 1.807) is 0 Å². The lowest BCUT2D eigenvalue weighted by molar-refractivity contribution is 0.533. The molecule has 0 aliphatic rings. The summed E-state index contributed by atoms with van der Waals surface area (Å²) in [5.41, 5.74) is 2.47. The van der Waals surface area contributed by atoms with Crippen LogP contribution < -0.4 is 0 Å². The minimum absolute atomic E-state index is 0.178. The lowest BCUT2D eigenvalue weighted by Crippen LogP contribution is -2.26. The van der Waals surface area contributed by atoms with Gasteiger partial charge in [0.2, 0.25) is 0 Å². The van der Waals surface area contributed by atoms with Crippen molar-refractivity contribution in [2.75, 3.05) is 13.6 Å². The summed E-state index contributed by atoms with van der Waals surface area (Å²) in [5, 5.41) is 7.99. The number of nitrogens with one attached hydrogen (secondary N) is 1. The summed E-state index contributed by atoms with van der Waals surface area (Å²) in [6, 6.07) is 8.31. The number of benzene rings is 1. The van der Waals surface area contributed by atoms with Crippen LogP contribution in [0.3, 0.4) is 0 Å².